The maximum absolute atomic E-state index is 15.0. The summed E-state index contributed by atoms with van der Waals surface area (Å²) in [7, 11) is 3.84. The third-order valence-electron chi connectivity index (χ3n) is 8.93. The maximum atomic E-state index is 15.0. The van der Waals surface area contributed by atoms with Crippen molar-refractivity contribution in [3.05, 3.63) is 65.8 Å². The summed E-state index contributed by atoms with van der Waals surface area (Å²) in [5.41, 5.74) is 1.99. The van der Waals surface area contributed by atoms with Gasteiger partial charge in [-0.05, 0) is 81.3 Å². The summed E-state index contributed by atoms with van der Waals surface area (Å²) in [5, 5.41) is 17.5. The van der Waals surface area contributed by atoms with E-state index < -0.39 is 36.2 Å². The van der Waals surface area contributed by atoms with Gasteiger partial charge in [-0.2, -0.15) is 5.10 Å². The Balaban J connectivity index is 1.48. The van der Waals surface area contributed by atoms with Gasteiger partial charge in [-0.3, -0.25) is 14.3 Å². The molecule has 4 rings (SSSR count). The Bertz CT molecular complexity index is 1460. The minimum Gasteiger partial charge on any atom is -0.457 e. The van der Waals surface area contributed by atoms with E-state index in [1.54, 1.807) is 34.1 Å². The van der Waals surface area contributed by atoms with Gasteiger partial charge < -0.3 is 34.6 Å². The van der Waals surface area contributed by atoms with Crippen LogP contribution in [0.1, 0.15) is 45.6 Å². The lowest BCUT2D eigenvalue weighted by Gasteiger charge is -2.36. The molecule has 0 saturated carbocycles. The van der Waals surface area contributed by atoms with Crippen molar-refractivity contribution in [1.29, 1.82) is 0 Å². The van der Waals surface area contributed by atoms with Crippen molar-refractivity contribution in [3.63, 3.8) is 0 Å². The second-order valence-corrected chi connectivity index (χ2v) is 13.4. The Morgan fingerprint density at radius 3 is 2.59 bits per heavy atom. The second-order valence-electron chi connectivity index (χ2n) is 13.4. The molecule has 0 bridgehead atoms. The topological polar surface area (TPSA) is 129 Å². The van der Waals surface area contributed by atoms with E-state index in [1.165, 1.54) is 12.1 Å². The van der Waals surface area contributed by atoms with Gasteiger partial charge in [0, 0.05) is 63.3 Å². The molecule has 2 amide bonds. The molecule has 1 aromatic carbocycles. The van der Waals surface area contributed by atoms with Crippen LogP contribution in [-0.2, 0) is 25.6 Å². The number of rotatable bonds is 9. The molecule has 12 nitrogen and oxygen atoms in total. The summed E-state index contributed by atoms with van der Waals surface area (Å²) < 4.78 is 28.3. The lowest BCUT2D eigenvalue weighted by Crippen LogP contribution is -2.49. The molecule has 1 saturated heterocycles. The van der Waals surface area contributed by atoms with Crippen LogP contribution in [0.15, 0.2) is 54.4 Å². The molecule has 2 N–H and O–H groups in total. The largest absolute Gasteiger partial charge is 0.457 e. The number of ether oxygens (including phenoxy) is 2. The van der Waals surface area contributed by atoms with Crippen molar-refractivity contribution in [2.24, 2.45) is 11.8 Å². The number of likely N-dealkylation sites (N-methyl/N-ethyl adjacent to an activating group) is 1. The highest BCUT2D eigenvalue weighted by Gasteiger charge is 2.28. The van der Waals surface area contributed by atoms with Gasteiger partial charge in [0.05, 0.1) is 12.5 Å². The van der Waals surface area contributed by atoms with Gasteiger partial charge in [0.2, 0.25) is 5.91 Å². The fraction of sp³-hybridized carbons (Fsp3) is 0.556. The third-order valence-corrected chi connectivity index (χ3v) is 8.93. The Kier molecular flexibility index (Phi) is 13.8. The van der Waals surface area contributed by atoms with Gasteiger partial charge in [-0.15, -0.1) is 0 Å². The van der Waals surface area contributed by atoms with Crippen LogP contribution in [-0.4, -0.2) is 114 Å². The van der Waals surface area contributed by atoms with Gasteiger partial charge >= 0.3 is 12.1 Å². The number of anilines is 1. The summed E-state index contributed by atoms with van der Waals surface area (Å²) in [5.74, 6) is -1.37. The molecule has 0 aliphatic carbocycles. The molecule has 0 radical (unpaired) electrons. The number of aromatic nitrogens is 2. The van der Waals surface area contributed by atoms with E-state index in [0.717, 1.165) is 0 Å². The Morgan fingerprint density at radius 1 is 1.14 bits per heavy atom. The van der Waals surface area contributed by atoms with Crippen molar-refractivity contribution in [1.82, 2.24) is 24.9 Å². The van der Waals surface area contributed by atoms with Crippen LogP contribution in [0, 0.1) is 17.7 Å². The average molecular weight is 683 g/mol. The van der Waals surface area contributed by atoms with Crippen LogP contribution >= 0.6 is 0 Å². The predicted molar refractivity (Wildman–Crippen MR) is 185 cm³/mol. The number of esters is 1. The summed E-state index contributed by atoms with van der Waals surface area (Å²) in [6.07, 6.45) is 6.93. The Morgan fingerprint density at radius 2 is 1.90 bits per heavy atom. The number of cyclic esters (lactones) is 1. The molecular formula is C36H51FN6O6. The van der Waals surface area contributed by atoms with Crippen LogP contribution in [0.2, 0.25) is 0 Å². The molecule has 2 aliphatic heterocycles. The first-order chi connectivity index (χ1) is 23.4. The van der Waals surface area contributed by atoms with Crippen LogP contribution in [0.4, 0.5) is 14.9 Å². The normalized spacial score (nSPS) is 24.9. The fourth-order valence-corrected chi connectivity index (χ4v) is 6.05. The number of carbonyl (C=O) groups excluding carboxylic acids is 3. The molecule has 2 aromatic rings. The van der Waals surface area contributed by atoms with E-state index in [9.17, 15) is 23.9 Å². The molecule has 49 heavy (non-hydrogen) atoms. The number of carbonyl (C=O) groups is 3. The average Bonchev–Trinajstić information content (AvgIpc) is 3.56. The number of nitrogens with one attached hydrogen (secondary N) is 1. The molecule has 1 aromatic heterocycles. The molecular weight excluding hydrogens is 631 g/mol. The maximum Gasteiger partial charge on any atom is 0.407 e. The third kappa shape index (κ3) is 11.7. The first-order valence-corrected chi connectivity index (χ1v) is 17.0. The van der Waals surface area contributed by atoms with E-state index in [4.69, 9.17) is 9.47 Å². The van der Waals surface area contributed by atoms with Crippen LogP contribution in [0.25, 0.3) is 6.08 Å². The highest BCUT2D eigenvalue weighted by molar-refractivity contribution is 5.76. The molecule has 0 unspecified atom stereocenters. The molecule has 0 spiro atoms. The second kappa shape index (κ2) is 18.0. The van der Waals surface area contributed by atoms with E-state index in [1.807, 2.05) is 62.9 Å². The zero-order chi connectivity index (χ0) is 35.5. The van der Waals surface area contributed by atoms with E-state index >= 15 is 0 Å². The number of nitrogens with zero attached hydrogens (tertiary/aromatic N) is 5. The van der Waals surface area contributed by atoms with Crippen LogP contribution < -0.4 is 10.2 Å². The fourth-order valence-electron chi connectivity index (χ4n) is 6.05. The first-order valence-electron chi connectivity index (χ1n) is 17.0. The smallest absolute Gasteiger partial charge is 0.407 e. The number of alkyl carbamates (subject to hydrolysis) is 1. The van der Waals surface area contributed by atoms with Crippen molar-refractivity contribution < 1.29 is 33.4 Å². The van der Waals surface area contributed by atoms with Crippen LogP contribution in [0.3, 0.4) is 0 Å². The van der Waals surface area contributed by atoms with Gasteiger partial charge in [0.15, 0.2) is 0 Å². The molecule has 268 valence electrons. The lowest BCUT2D eigenvalue weighted by atomic mass is 9.91. The summed E-state index contributed by atoms with van der Waals surface area (Å²) in [6.45, 7) is 9.09. The molecule has 2 aliphatic rings. The van der Waals surface area contributed by atoms with Gasteiger partial charge in [-0.25, -0.2) is 9.18 Å². The number of benzene rings is 1. The van der Waals surface area contributed by atoms with Crippen molar-refractivity contribution in [3.8, 4) is 0 Å². The highest BCUT2D eigenvalue weighted by Crippen LogP contribution is 2.27. The number of aliphatic hydroxyl groups excluding tert-OH is 1. The molecule has 3 heterocycles. The summed E-state index contributed by atoms with van der Waals surface area (Å²) in [6, 6.07) is 6.57. The SMILES string of the molecule is C/C(=C\c1cc(F)cc(N2CCN(C(=O)Cn3cccn3)CC2)c1)[C@H]1OC(=O)C[C@H](O)CC[C@H](C)[C@@H](OC(=O)NCCN(C)C)/C=C\[C@@H]1C. The minimum absolute atomic E-state index is 0.0142. The van der Waals surface area contributed by atoms with Crippen LogP contribution in [0.5, 0.6) is 0 Å². The monoisotopic (exact) mass is 682 g/mol. The summed E-state index contributed by atoms with van der Waals surface area (Å²) in [4.78, 5) is 44.0. The molecule has 13 heteroatoms. The Hall–Kier alpha value is -4.23. The predicted octanol–water partition coefficient (Wildman–Crippen LogP) is 3.72. The zero-order valence-corrected chi connectivity index (χ0v) is 29.3. The van der Waals surface area contributed by atoms with Crippen molar-refractivity contribution in [2.75, 3.05) is 58.3 Å². The van der Waals surface area contributed by atoms with Gasteiger partial charge in [0.25, 0.3) is 0 Å². The van der Waals surface area contributed by atoms with E-state index in [0.29, 0.717) is 68.9 Å². The Labute approximate surface area is 288 Å². The van der Waals surface area contributed by atoms with Gasteiger partial charge in [0.1, 0.15) is 24.6 Å². The number of amides is 2. The van der Waals surface area contributed by atoms with Gasteiger partial charge in [-0.1, -0.05) is 26.0 Å². The van der Waals surface area contributed by atoms with E-state index in [-0.39, 0.29) is 30.7 Å². The zero-order valence-electron chi connectivity index (χ0n) is 29.3. The quantitative estimate of drug-likeness (QED) is 0.301. The number of hydrogen-bond donors (Lipinski definition) is 2. The number of piperazine rings is 1. The van der Waals surface area contributed by atoms with Crippen molar-refractivity contribution in [2.45, 2.75) is 64.9 Å². The standard InChI is InChI=1S/C36H51FN6O6/c1-25-7-9-31(44)23-34(46)49-35(26(2)8-10-32(25)48-36(47)38-12-14-40(4)5)27(3)19-28-20-29(37)22-30(21-28)41-15-17-42(18-16-41)33(45)24-43-13-6-11-39-43/h6,8,10-11,13,19-22,25-26,31-32,35,44H,7,9,12,14-18,23-24H2,1-5H3,(H,38,47)/b10-8-,27-19+/t25-,26-,31+,32-,35-/m0/s1. The van der Waals surface area contributed by atoms with Crippen molar-refractivity contribution >= 4 is 29.7 Å². The highest BCUT2D eigenvalue weighted by atomic mass is 19.1. The van der Waals surface area contributed by atoms with E-state index in [2.05, 4.69) is 10.4 Å². The summed E-state index contributed by atoms with van der Waals surface area (Å²) >= 11 is 0. The number of halogens is 1. The lowest BCUT2D eigenvalue weighted by molar-refractivity contribution is -0.151. The number of hydrogen-bond acceptors (Lipinski definition) is 9. The minimum atomic E-state index is -0.903. The molecule has 5 atom stereocenters. The first kappa shape index (κ1) is 37.6. The molecule has 1 fully saturated rings. The number of aliphatic hydroxyl groups is 1.